The quantitative estimate of drug-likeness (QED) is 0.720. The van der Waals surface area contributed by atoms with Crippen LogP contribution in [0.4, 0.5) is 10.1 Å². The molecule has 1 aliphatic rings. The summed E-state index contributed by atoms with van der Waals surface area (Å²) in [6.45, 7) is 1.85. The molecule has 0 bridgehead atoms. The van der Waals surface area contributed by atoms with Crippen molar-refractivity contribution in [2.45, 2.75) is 0 Å². The molecule has 1 aromatic carbocycles. The summed E-state index contributed by atoms with van der Waals surface area (Å²) < 4.78 is 13.2. The first kappa shape index (κ1) is 10.5. The molecule has 0 aromatic heterocycles. The number of nitrogens with zero attached hydrogens (tertiary/aromatic N) is 1. The number of rotatable bonds is 2. The number of thioether (sulfide) groups is 1. The van der Waals surface area contributed by atoms with Gasteiger partial charge in [0.15, 0.2) is 0 Å². The van der Waals surface area contributed by atoms with Crippen molar-refractivity contribution in [3.8, 4) is 0 Å². The zero-order valence-electron chi connectivity index (χ0n) is 8.28. The van der Waals surface area contributed by atoms with Gasteiger partial charge in [0.1, 0.15) is 12.1 Å². The van der Waals surface area contributed by atoms with Crippen LogP contribution in [0, 0.1) is 5.82 Å². The third-order valence-corrected chi connectivity index (χ3v) is 3.36. The van der Waals surface area contributed by atoms with Crippen LogP contribution in [0.25, 0.3) is 0 Å². The standard InChI is InChI=1S/C11H12FNOS/c12-10-5-9(8-14)6-11(7-10)13-1-3-15-4-2-13/h5-8H,1-4H2. The molecule has 0 unspecified atom stereocenters. The Morgan fingerprint density at radius 2 is 2.00 bits per heavy atom. The van der Waals surface area contributed by atoms with Crippen LogP contribution in [-0.2, 0) is 0 Å². The fraction of sp³-hybridized carbons (Fsp3) is 0.364. The summed E-state index contributed by atoms with van der Waals surface area (Å²) in [5, 5.41) is 0. The van der Waals surface area contributed by atoms with Gasteiger partial charge in [-0.15, -0.1) is 0 Å². The number of hydrogen-bond acceptors (Lipinski definition) is 3. The molecule has 0 amide bonds. The van der Waals surface area contributed by atoms with Crippen molar-refractivity contribution in [3.05, 3.63) is 29.6 Å². The molecule has 80 valence electrons. The van der Waals surface area contributed by atoms with Gasteiger partial charge in [0.2, 0.25) is 0 Å². The van der Waals surface area contributed by atoms with Crippen molar-refractivity contribution in [1.82, 2.24) is 0 Å². The van der Waals surface area contributed by atoms with Crippen molar-refractivity contribution in [2.24, 2.45) is 0 Å². The Bertz CT molecular complexity index is 364. The number of halogens is 1. The number of benzene rings is 1. The number of anilines is 1. The highest BCUT2D eigenvalue weighted by atomic mass is 32.2. The first-order valence-electron chi connectivity index (χ1n) is 4.88. The van der Waals surface area contributed by atoms with Crippen molar-refractivity contribution in [3.63, 3.8) is 0 Å². The van der Waals surface area contributed by atoms with E-state index in [9.17, 15) is 9.18 Å². The smallest absolute Gasteiger partial charge is 0.150 e. The minimum atomic E-state index is -0.340. The van der Waals surface area contributed by atoms with E-state index in [0.29, 0.717) is 11.8 Å². The molecule has 0 aliphatic carbocycles. The maximum atomic E-state index is 13.2. The molecule has 0 saturated carbocycles. The summed E-state index contributed by atoms with van der Waals surface area (Å²) in [5.41, 5.74) is 1.22. The Kier molecular flexibility index (Phi) is 3.26. The van der Waals surface area contributed by atoms with Crippen LogP contribution in [0.5, 0.6) is 0 Å². The number of hydrogen-bond donors (Lipinski definition) is 0. The maximum absolute atomic E-state index is 13.2. The lowest BCUT2D eigenvalue weighted by molar-refractivity contribution is 0.112. The molecule has 0 atom stereocenters. The average Bonchev–Trinajstić information content (AvgIpc) is 2.29. The Hall–Kier alpha value is -1.03. The van der Waals surface area contributed by atoms with Gasteiger partial charge in [-0.25, -0.2) is 4.39 Å². The number of aldehydes is 1. The summed E-state index contributed by atoms with van der Waals surface area (Å²) in [5.74, 6) is 1.78. The summed E-state index contributed by atoms with van der Waals surface area (Å²) in [7, 11) is 0. The molecule has 1 aliphatic heterocycles. The summed E-state index contributed by atoms with van der Waals surface area (Å²) in [4.78, 5) is 12.7. The predicted octanol–water partition coefficient (Wildman–Crippen LogP) is 2.19. The van der Waals surface area contributed by atoms with E-state index >= 15 is 0 Å². The highest BCUT2D eigenvalue weighted by molar-refractivity contribution is 7.99. The third-order valence-electron chi connectivity index (χ3n) is 2.42. The molecular weight excluding hydrogens is 213 g/mol. The van der Waals surface area contributed by atoms with E-state index in [2.05, 4.69) is 4.90 Å². The second kappa shape index (κ2) is 4.66. The van der Waals surface area contributed by atoms with Crippen LogP contribution in [-0.4, -0.2) is 30.9 Å². The molecule has 1 saturated heterocycles. The van der Waals surface area contributed by atoms with Gasteiger partial charge < -0.3 is 4.90 Å². The second-order valence-electron chi connectivity index (χ2n) is 3.46. The normalized spacial score (nSPS) is 16.5. The average molecular weight is 225 g/mol. The monoisotopic (exact) mass is 225 g/mol. The van der Waals surface area contributed by atoms with Crippen molar-refractivity contribution < 1.29 is 9.18 Å². The zero-order chi connectivity index (χ0) is 10.7. The van der Waals surface area contributed by atoms with Crippen molar-refractivity contribution in [2.75, 3.05) is 29.5 Å². The van der Waals surface area contributed by atoms with Gasteiger partial charge in [-0.3, -0.25) is 4.79 Å². The Balaban J connectivity index is 2.25. The molecule has 4 heteroatoms. The van der Waals surface area contributed by atoms with Crippen LogP contribution < -0.4 is 4.90 Å². The van der Waals surface area contributed by atoms with Crippen LogP contribution in [0.3, 0.4) is 0 Å². The van der Waals surface area contributed by atoms with Gasteiger partial charge >= 0.3 is 0 Å². The Morgan fingerprint density at radius 3 is 2.67 bits per heavy atom. The van der Waals surface area contributed by atoms with Gasteiger partial charge in [0.05, 0.1) is 0 Å². The van der Waals surface area contributed by atoms with E-state index in [1.165, 1.54) is 12.1 Å². The molecule has 1 aromatic rings. The van der Waals surface area contributed by atoms with E-state index < -0.39 is 0 Å². The summed E-state index contributed by atoms with van der Waals surface area (Å²) in [6, 6.07) is 4.49. The van der Waals surface area contributed by atoms with Gasteiger partial charge in [-0.1, -0.05) is 0 Å². The minimum Gasteiger partial charge on any atom is -0.370 e. The molecular formula is C11H12FNOS. The van der Waals surface area contributed by atoms with Crippen LogP contribution >= 0.6 is 11.8 Å². The first-order chi connectivity index (χ1) is 7.29. The molecule has 0 N–H and O–H groups in total. The lowest BCUT2D eigenvalue weighted by Gasteiger charge is -2.28. The lowest BCUT2D eigenvalue weighted by Crippen LogP contribution is -2.32. The molecule has 2 rings (SSSR count). The van der Waals surface area contributed by atoms with E-state index in [-0.39, 0.29) is 5.82 Å². The molecule has 0 spiro atoms. The van der Waals surface area contributed by atoms with E-state index in [1.807, 2.05) is 11.8 Å². The Labute approximate surface area is 92.5 Å². The minimum absolute atomic E-state index is 0.340. The zero-order valence-corrected chi connectivity index (χ0v) is 9.10. The van der Waals surface area contributed by atoms with Gasteiger partial charge in [-0.05, 0) is 18.2 Å². The van der Waals surface area contributed by atoms with E-state index in [1.54, 1.807) is 6.07 Å². The van der Waals surface area contributed by atoms with Gasteiger partial charge in [-0.2, -0.15) is 11.8 Å². The third kappa shape index (κ3) is 2.50. The van der Waals surface area contributed by atoms with E-state index in [0.717, 1.165) is 30.3 Å². The molecule has 2 nitrogen and oxygen atoms in total. The first-order valence-corrected chi connectivity index (χ1v) is 6.03. The van der Waals surface area contributed by atoms with Gasteiger partial charge in [0.25, 0.3) is 0 Å². The lowest BCUT2D eigenvalue weighted by atomic mass is 10.2. The van der Waals surface area contributed by atoms with Crippen LogP contribution in [0.2, 0.25) is 0 Å². The van der Waals surface area contributed by atoms with Crippen LogP contribution in [0.1, 0.15) is 10.4 Å². The summed E-state index contributed by atoms with van der Waals surface area (Å²) in [6.07, 6.45) is 0.686. The largest absolute Gasteiger partial charge is 0.370 e. The highest BCUT2D eigenvalue weighted by Crippen LogP contribution is 2.21. The fourth-order valence-corrected chi connectivity index (χ4v) is 2.57. The second-order valence-corrected chi connectivity index (χ2v) is 4.68. The SMILES string of the molecule is O=Cc1cc(F)cc(N2CCSCC2)c1. The fourth-order valence-electron chi connectivity index (χ4n) is 1.67. The van der Waals surface area contributed by atoms with Crippen molar-refractivity contribution >= 4 is 23.7 Å². The van der Waals surface area contributed by atoms with Crippen molar-refractivity contribution in [1.29, 1.82) is 0 Å². The molecule has 0 radical (unpaired) electrons. The van der Waals surface area contributed by atoms with E-state index in [4.69, 9.17) is 0 Å². The predicted molar refractivity (Wildman–Crippen MR) is 61.3 cm³/mol. The topological polar surface area (TPSA) is 20.3 Å². The summed E-state index contributed by atoms with van der Waals surface area (Å²) >= 11 is 1.90. The Morgan fingerprint density at radius 1 is 1.27 bits per heavy atom. The molecule has 1 fully saturated rings. The molecule has 15 heavy (non-hydrogen) atoms. The molecule has 1 heterocycles. The highest BCUT2D eigenvalue weighted by Gasteiger charge is 2.12. The van der Waals surface area contributed by atoms with Gasteiger partial charge in [0, 0.05) is 35.8 Å². The number of carbonyl (C=O) groups excluding carboxylic acids is 1. The number of carbonyl (C=O) groups is 1. The maximum Gasteiger partial charge on any atom is 0.150 e. The van der Waals surface area contributed by atoms with Crippen LogP contribution in [0.15, 0.2) is 18.2 Å².